The van der Waals surface area contributed by atoms with Crippen molar-refractivity contribution >= 4 is 18.0 Å². The van der Waals surface area contributed by atoms with Crippen molar-refractivity contribution in [2.75, 3.05) is 6.54 Å². The SMILES string of the molecule is Cc1c(C(=O)O)cc(-c2cc3c(cc2C(=O)N2Cc4ccccc4C[C@H]2C)CN(C(=O)OC(C)(C)C)CC3)n1C. The van der Waals surface area contributed by atoms with Gasteiger partial charge in [0.1, 0.15) is 5.60 Å². The Morgan fingerprint density at radius 1 is 0.950 bits per heavy atom. The molecule has 0 bridgehead atoms. The zero-order valence-electron chi connectivity index (χ0n) is 24.1. The third-order valence-electron chi connectivity index (χ3n) is 8.04. The predicted octanol–water partition coefficient (Wildman–Crippen LogP) is 5.58. The molecule has 0 spiro atoms. The van der Waals surface area contributed by atoms with Crippen LogP contribution in [0.15, 0.2) is 42.5 Å². The lowest BCUT2D eigenvalue weighted by Crippen LogP contribution is -2.43. The van der Waals surface area contributed by atoms with Crippen molar-refractivity contribution in [3.8, 4) is 11.3 Å². The van der Waals surface area contributed by atoms with E-state index in [4.69, 9.17) is 4.74 Å². The second-order valence-electron chi connectivity index (χ2n) is 12.0. The number of aromatic nitrogens is 1. The molecule has 1 N–H and O–H groups in total. The first kappa shape index (κ1) is 27.5. The quantitative estimate of drug-likeness (QED) is 0.466. The van der Waals surface area contributed by atoms with E-state index in [0.29, 0.717) is 48.6 Å². The second-order valence-corrected chi connectivity index (χ2v) is 12.0. The second kappa shape index (κ2) is 10.2. The van der Waals surface area contributed by atoms with Crippen LogP contribution in [-0.4, -0.2) is 55.6 Å². The number of carboxylic acid groups (broad SMARTS) is 1. The Hall–Kier alpha value is -4.07. The van der Waals surface area contributed by atoms with Gasteiger partial charge in [0.2, 0.25) is 0 Å². The summed E-state index contributed by atoms with van der Waals surface area (Å²) in [5.41, 5.74) is 6.45. The van der Waals surface area contributed by atoms with Gasteiger partial charge in [-0.1, -0.05) is 24.3 Å². The third-order valence-corrected chi connectivity index (χ3v) is 8.04. The van der Waals surface area contributed by atoms with Crippen molar-refractivity contribution < 1.29 is 24.2 Å². The molecule has 40 heavy (non-hydrogen) atoms. The van der Waals surface area contributed by atoms with Gasteiger partial charge in [-0.2, -0.15) is 0 Å². The molecule has 1 aromatic heterocycles. The normalized spacial score (nSPS) is 16.8. The summed E-state index contributed by atoms with van der Waals surface area (Å²) in [4.78, 5) is 42.7. The first-order valence-corrected chi connectivity index (χ1v) is 13.8. The highest BCUT2D eigenvalue weighted by Gasteiger charge is 2.32. The van der Waals surface area contributed by atoms with Gasteiger partial charge in [0, 0.05) is 55.2 Å². The Morgan fingerprint density at radius 2 is 1.65 bits per heavy atom. The summed E-state index contributed by atoms with van der Waals surface area (Å²) in [6.45, 7) is 10.7. The molecule has 3 aromatic rings. The minimum absolute atomic E-state index is 0.00530. The number of aromatic carboxylic acids is 1. The van der Waals surface area contributed by atoms with E-state index in [1.165, 1.54) is 5.56 Å². The highest BCUT2D eigenvalue weighted by Crippen LogP contribution is 2.35. The van der Waals surface area contributed by atoms with Crippen molar-refractivity contribution in [3.63, 3.8) is 0 Å². The van der Waals surface area contributed by atoms with Gasteiger partial charge in [-0.25, -0.2) is 9.59 Å². The summed E-state index contributed by atoms with van der Waals surface area (Å²) < 4.78 is 7.45. The molecule has 210 valence electrons. The Kier molecular flexibility index (Phi) is 6.98. The first-order chi connectivity index (χ1) is 18.8. The van der Waals surface area contributed by atoms with Gasteiger partial charge in [0.25, 0.3) is 5.91 Å². The van der Waals surface area contributed by atoms with Gasteiger partial charge in [-0.15, -0.1) is 0 Å². The summed E-state index contributed by atoms with van der Waals surface area (Å²) in [5.74, 6) is -1.11. The van der Waals surface area contributed by atoms with Crippen LogP contribution in [0.2, 0.25) is 0 Å². The summed E-state index contributed by atoms with van der Waals surface area (Å²) in [5, 5.41) is 9.78. The lowest BCUT2D eigenvalue weighted by molar-refractivity contribution is 0.0223. The lowest BCUT2D eigenvalue weighted by Gasteiger charge is -2.36. The van der Waals surface area contributed by atoms with Crippen LogP contribution in [0.4, 0.5) is 4.79 Å². The average Bonchev–Trinajstić information content (AvgIpc) is 3.20. The molecule has 1 atom stereocenters. The smallest absolute Gasteiger partial charge is 0.410 e. The first-order valence-electron chi connectivity index (χ1n) is 13.8. The van der Waals surface area contributed by atoms with Crippen LogP contribution in [0.3, 0.4) is 0 Å². The number of carbonyl (C=O) groups excluding carboxylic acids is 2. The highest BCUT2D eigenvalue weighted by atomic mass is 16.6. The Morgan fingerprint density at radius 3 is 2.30 bits per heavy atom. The van der Waals surface area contributed by atoms with E-state index in [-0.39, 0.29) is 23.6 Å². The van der Waals surface area contributed by atoms with E-state index in [0.717, 1.165) is 23.1 Å². The fourth-order valence-electron chi connectivity index (χ4n) is 5.76. The molecule has 2 amide bonds. The maximum absolute atomic E-state index is 14.3. The van der Waals surface area contributed by atoms with E-state index in [1.54, 1.807) is 17.9 Å². The Balaban J connectivity index is 1.59. The van der Waals surface area contributed by atoms with Crippen LogP contribution in [0.5, 0.6) is 0 Å². The van der Waals surface area contributed by atoms with Gasteiger partial charge >= 0.3 is 12.1 Å². The minimum atomic E-state index is -1.00. The molecule has 3 heterocycles. The average molecular weight is 544 g/mol. The van der Waals surface area contributed by atoms with Crippen LogP contribution < -0.4 is 0 Å². The monoisotopic (exact) mass is 543 g/mol. The van der Waals surface area contributed by atoms with E-state index in [9.17, 15) is 19.5 Å². The summed E-state index contributed by atoms with van der Waals surface area (Å²) in [6, 6.07) is 13.8. The molecule has 8 heteroatoms. The maximum Gasteiger partial charge on any atom is 0.410 e. The minimum Gasteiger partial charge on any atom is -0.478 e. The molecule has 2 aliphatic rings. The van der Waals surface area contributed by atoms with Crippen molar-refractivity contribution in [2.45, 2.75) is 72.2 Å². The summed E-state index contributed by atoms with van der Waals surface area (Å²) >= 11 is 0. The van der Waals surface area contributed by atoms with Crippen molar-refractivity contribution in [1.29, 1.82) is 0 Å². The topological polar surface area (TPSA) is 92.1 Å². The van der Waals surface area contributed by atoms with Gasteiger partial charge in [-0.05, 0) is 87.9 Å². The molecule has 0 saturated heterocycles. The zero-order chi connectivity index (χ0) is 28.9. The molecule has 0 aliphatic carbocycles. The number of ether oxygens (including phenoxy) is 1. The molecule has 0 fully saturated rings. The Labute approximate surface area is 235 Å². The number of hydrogen-bond acceptors (Lipinski definition) is 4. The largest absolute Gasteiger partial charge is 0.478 e. The van der Waals surface area contributed by atoms with Gasteiger partial charge in [0.15, 0.2) is 0 Å². The van der Waals surface area contributed by atoms with E-state index < -0.39 is 11.6 Å². The van der Waals surface area contributed by atoms with E-state index in [2.05, 4.69) is 19.1 Å². The summed E-state index contributed by atoms with van der Waals surface area (Å²) in [6.07, 6.45) is 1.00. The number of fused-ring (bicyclic) bond motifs is 2. The fourth-order valence-corrected chi connectivity index (χ4v) is 5.76. The summed E-state index contributed by atoms with van der Waals surface area (Å²) in [7, 11) is 1.83. The van der Waals surface area contributed by atoms with E-state index >= 15 is 0 Å². The fraction of sp³-hybridized carbons (Fsp3) is 0.406. The number of rotatable bonds is 3. The standard InChI is InChI=1S/C32H37N3O5/c1-19-13-21-9-7-8-10-23(21)18-35(19)29(36)27-15-24-17-34(31(39)40-32(3,4)5)12-11-22(24)14-26(27)28-16-25(30(37)38)20(2)33(28)6/h7-10,14-16,19H,11-13,17-18H2,1-6H3,(H,37,38)/t19-/m1/s1. The Bertz CT molecular complexity index is 1510. The van der Waals surface area contributed by atoms with Crippen LogP contribution in [0.25, 0.3) is 11.3 Å². The number of hydrogen-bond donors (Lipinski definition) is 1. The molecule has 5 rings (SSSR count). The van der Waals surface area contributed by atoms with Crippen LogP contribution in [0, 0.1) is 6.92 Å². The van der Waals surface area contributed by atoms with E-state index in [1.807, 2.05) is 61.6 Å². The third kappa shape index (κ3) is 5.10. The highest BCUT2D eigenvalue weighted by molar-refractivity contribution is 6.02. The zero-order valence-corrected chi connectivity index (χ0v) is 24.1. The molecule has 0 radical (unpaired) electrons. The molecule has 2 aliphatic heterocycles. The van der Waals surface area contributed by atoms with Crippen LogP contribution in [-0.2, 0) is 37.7 Å². The van der Waals surface area contributed by atoms with Crippen molar-refractivity contribution in [1.82, 2.24) is 14.4 Å². The number of carbonyl (C=O) groups is 3. The number of carboxylic acids is 1. The van der Waals surface area contributed by atoms with Crippen LogP contribution in [0.1, 0.15) is 76.4 Å². The molecular weight excluding hydrogens is 506 g/mol. The number of benzene rings is 2. The molecule has 0 unspecified atom stereocenters. The van der Waals surface area contributed by atoms with Crippen LogP contribution >= 0.6 is 0 Å². The van der Waals surface area contributed by atoms with Crippen molar-refractivity contribution in [2.24, 2.45) is 7.05 Å². The number of nitrogens with zero attached hydrogens (tertiary/aromatic N) is 3. The van der Waals surface area contributed by atoms with Gasteiger partial charge in [-0.3, -0.25) is 4.79 Å². The maximum atomic E-state index is 14.3. The molecule has 0 saturated carbocycles. The predicted molar refractivity (Wildman–Crippen MR) is 152 cm³/mol. The number of amides is 2. The van der Waals surface area contributed by atoms with Gasteiger partial charge in [0.05, 0.1) is 5.56 Å². The van der Waals surface area contributed by atoms with Gasteiger partial charge < -0.3 is 24.2 Å². The lowest BCUT2D eigenvalue weighted by atomic mass is 9.90. The molecule has 2 aromatic carbocycles. The molecular formula is C32H37N3O5. The van der Waals surface area contributed by atoms with Crippen molar-refractivity contribution in [3.05, 3.63) is 81.5 Å². The molecule has 8 nitrogen and oxygen atoms in total.